The molecule has 1 aromatic carbocycles. The Bertz CT molecular complexity index is 1370. The molecule has 4 rings (SSSR count). The molecule has 36 heavy (non-hydrogen) atoms. The van der Waals surface area contributed by atoms with E-state index in [0.29, 0.717) is 53.2 Å². The fraction of sp³-hybridized carbons (Fsp3) is 0.320. The number of nitrogens with zero attached hydrogens (tertiary/aromatic N) is 3. The summed E-state index contributed by atoms with van der Waals surface area (Å²) in [7, 11) is 1.59. The molecule has 0 saturated carbocycles. The standard InChI is InChI=1S/C25H28FN5O4S/c1-4-35-19-13-20(36-25(19)30-22(33)8-11-32)18-12-21(29-14-28-18)27-9-10-31-15(2)24(34-3)16-6-5-7-17(26)23(16)31/h5-7,12-14,32H,4,8-11H2,1-3H3,(H,30,33)(H,27,28,29). The van der Waals surface area contributed by atoms with E-state index in [0.717, 1.165) is 16.0 Å². The summed E-state index contributed by atoms with van der Waals surface area (Å²) in [6.45, 7) is 4.97. The Balaban J connectivity index is 1.51. The number of thiophene rings is 1. The fourth-order valence-corrected chi connectivity index (χ4v) is 5.01. The number of carbonyl (C=O) groups excluding carboxylic acids is 1. The van der Waals surface area contributed by atoms with Crippen molar-refractivity contribution in [3.63, 3.8) is 0 Å². The van der Waals surface area contributed by atoms with Crippen LogP contribution in [0.5, 0.6) is 11.5 Å². The highest BCUT2D eigenvalue weighted by Crippen LogP contribution is 2.40. The van der Waals surface area contributed by atoms with Crippen molar-refractivity contribution in [3.05, 3.63) is 48.2 Å². The minimum absolute atomic E-state index is 0.00625. The SMILES string of the molecule is CCOc1cc(-c2cc(NCCn3c(C)c(OC)c4cccc(F)c43)ncn2)sc1NC(=O)CCO. The second kappa shape index (κ2) is 11.4. The first-order valence-electron chi connectivity index (χ1n) is 11.5. The summed E-state index contributed by atoms with van der Waals surface area (Å²) in [5.41, 5.74) is 2.02. The molecule has 0 radical (unpaired) electrons. The third-order valence-electron chi connectivity index (χ3n) is 5.59. The van der Waals surface area contributed by atoms with Gasteiger partial charge < -0.3 is 29.8 Å². The van der Waals surface area contributed by atoms with Gasteiger partial charge in [0.2, 0.25) is 5.91 Å². The van der Waals surface area contributed by atoms with Crippen LogP contribution in [0, 0.1) is 12.7 Å². The molecular formula is C25H28FN5O4S. The van der Waals surface area contributed by atoms with E-state index in [-0.39, 0.29) is 24.8 Å². The molecule has 0 unspecified atom stereocenters. The predicted octanol–water partition coefficient (Wildman–Crippen LogP) is 4.45. The van der Waals surface area contributed by atoms with Crippen LogP contribution < -0.4 is 20.1 Å². The summed E-state index contributed by atoms with van der Waals surface area (Å²) in [5, 5.41) is 16.4. The van der Waals surface area contributed by atoms with Gasteiger partial charge in [-0.05, 0) is 26.0 Å². The number of aliphatic hydroxyl groups excluding tert-OH is 1. The molecule has 1 amide bonds. The van der Waals surface area contributed by atoms with Crippen molar-refractivity contribution in [3.8, 4) is 22.1 Å². The van der Waals surface area contributed by atoms with Crippen LogP contribution in [-0.2, 0) is 11.3 Å². The van der Waals surface area contributed by atoms with Crippen molar-refractivity contribution < 1.29 is 23.8 Å². The monoisotopic (exact) mass is 513 g/mol. The minimum atomic E-state index is -0.298. The van der Waals surface area contributed by atoms with Crippen LogP contribution >= 0.6 is 11.3 Å². The van der Waals surface area contributed by atoms with Crippen LogP contribution in [0.3, 0.4) is 0 Å². The Labute approximate surface area is 211 Å². The Morgan fingerprint density at radius 2 is 2.11 bits per heavy atom. The molecule has 11 heteroatoms. The van der Waals surface area contributed by atoms with Crippen molar-refractivity contribution in [1.29, 1.82) is 0 Å². The van der Waals surface area contributed by atoms with E-state index in [1.165, 1.54) is 23.7 Å². The number of hydrogen-bond donors (Lipinski definition) is 3. The van der Waals surface area contributed by atoms with Gasteiger partial charge in [-0.2, -0.15) is 0 Å². The second-order valence-electron chi connectivity index (χ2n) is 7.88. The van der Waals surface area contributed by atoms with Crippen LogP contribution in [-0.4, -0.2) is 52.4 Å². The van der Waals surface area contributed by atoms with Gasteiger partial charge >= 0.3 is 0 Å². The molecule has 3 aromatic heterocycles. The molecule has 3 N–H and O–H groups in total. The number of benzene rings is 1. The molecule has 0 spiro atoms. The van der Waals surface area contributed by atoms with E-state index in [4.69, 9.17) is 14.6 Å². The summed E-state index contributed by atoms with van der Waals surface area (Å²) < 4.78 is 27.7. The summed E-state index contributed by atoms with van der Waals surface area (Å²) in [4.78, 5) is 21.4. The number of halogens is 1. The zero-order chi connectivity index (χ0) is 25.7. The molecule has 0 bridgehead atoms. The summed E-state index contributed by atoms with van der Waals surface area (Å²) in [6.07, 6.45) is 1.47. The Morgan fingerprint density at radius 1 is 1.28 bits per heavy atom. The van der Waals surface area contributed by atoms with E-state index < -0.39 is 0 Å². The third kappa shape index (κ3) is 5.26. The highest BCUT2D eigenvalue weighted by Gasteiger charge is 2.18. The Kier molecular flexibility index (Phi) is 8.01. The highest BCUT2D eigenvalue weighted by atomic mass is 32.1. The molecule has 3 heterocycles. The maximum atomic E-state index is 14.6. The van der Waals surface area contributed by atoms with Crippen LogP contribution in [0.1, 0.15) is 19.0 Å². The van der Waals surface area contributed by atoms with E-state index in [2.05, 4.69) is 20.6 Å². The van der Waals surface area contributed by atoms with Gasteiger partial charge in [0.1, 0.15) is 28.7 Å². The van der Waals surface area contributed by atoms with Gasteiger partial charge in [0.25, 0.3) is 0 Å². The van der Waals surface area contributed by atoms with Crippen LogP contribution in [0.25, 0.3) is 21.5 Å². The normalized spacial score (nSPS) is 11.0. The number of anilines is 2. The number of carbonyl (C=O) groups is 1. The first-order valence-corrected chi connectivity index (χ1v) is 12.3. The van der Waals surface area contributed by atoms with Crippen LogP contribution in [0.15, 0.2) is 36.7 Å². The van der Waals surface area contributed by atoms with Crippen molar-refractivity contribution in [2.24, 2.45) is 0 Å². The summed E-state index contributed by atoms with van der Waals surface area (Å²) in [6, 6.07) is 8.60. The number of rotatable bonds is 11. The average Bonchev–Trinajstić information content (AvgIpc) is 3.38. The van der Waals surface area contributed by atoms with E-state index in [1.807, 2.05) is 36.6 Å². The largest absolute Gasteiger partial charge is 0.494 e. The number of amides is 1. The molecule has 0 aliphatic rings. The third-order valence-corrected chi connectivity index (χ3v) is 6.64. The number of aromatic nitrogens is 3. The number of hydrogen-bond acceptors (Lipinski definition) is 8. The molecule has 0 saturated heterocycles. The van der Waals surface area contributed by atoms with Crippen LogP contribution in [0.4, 0.5) is 15.2 Å². The topological polar surface area (TPSA) is 111 Å². The van der Waals surface area contributed by atoms with E-state index >= 15 is 0 Å². The molecule has 190 valence electrons. The minimum Gasteiger partial charge on any atom is -0.494 e. The van der Waals surface area contributed by atoms with Crippen molar-refractivity contribution in [2.75, 3.05) is 37.5 Å². The Hall–Kier alpha value is -3.70. The van der Waals surface area contributed by atoms with Crippen molar-refractivity contribution in [1.82, 2.24) is 14.5 Å². The lowest BCUT2D eigenvalue weighted by Crippen LogP contribution is -2.13. The van der Waals surface area contributed by atoms with Gasteiger partial charge in [-0.1, -0.05) is 6.07 Å². The van der Waals surface area contributed by atoms with Crippen LogP contribution in [0.2, 0.25) is 0 Å². The number of nitrogens with one attached hydrogen (secondary N) is 2. The lowest BCUT2D eigenvalue weighted by molar-refractivity contribution is -0.116. The number of aliphatic hydroxyl groups is 1. The number of para-hydroxylation sites is 1. The molecular weight excluding hydrogens is 485 g/mol. The van der Waals surface area contributed by atoms with Gasteiger partial charge in [0, 0.05) is 30.6 Å². The maximum absolute atomic E-state index is 14.6. The number of ether oxygens (including phenoxy) is 2. The quantitative estimate of drug-likeness (QED) is 0.272. The fourth-order valence-electron chi connectivity index (χ4n) is 4.02. The molecule has 0 aliphatic heterocycles. The van der Waals surface area contributed by atoms with Crippen molar-refractivity contribution in [2.45, 2.75) is 26.8 Å². The maximum Gasteiger partial charge on any atom is 0.227 e. The average molecular weight is 514 g/mol. The number of fused-ring (bicyclic) bond motifs is 1. The smallest absolute Gasteiger partial charge is 0.227 e. The van der Waals surface area contributed by atoms with Gasteiger partial charge in [-0.25, -0.2) is 14.4 Å². The molecule has 9 nitrogen and oxygen atoms in total. The molecule has 4 aromatic rings. The molecule has 0 fully saturated rings. The summed E-state index contributed by atoms with van der Waals surface area (Å²) in [5.74, 6) is 1.23. The van der Waals surface area contributed by atoms with E-state index in [9.17, 15) is 9.18 Å². The lowest BCUT2D eigenvalue weighted by Gasteiger charge is -2.11. The Morgan fingerprint density at radius 3 is 2.86 bits per heavy atom. The lowest BCUT2D eigenvalue weighted by atomic mass is 10.2. The number of methoxy groups -OCH3 is 1. The first-order chi connectivity index (χ1) is 17.5. The van der Waals surface area contributed by atoms with Gasteiger partial charge in [0.05, 0.1) is 48.5 Å². The molecule has 0 atom stereocenters. The van der Waals surface area contributed by atoms with Gasteiger partial charge in [0.15, 0.2) is 5.75 Å². The van der Waals surface area contributed by atoms with Crippen molar-refractivity contribution >= 4 is 39.0 Å². The zero-order valence-electron chi connectivity index (χ0n) is 20.3. The van der Waals surface area contributed by atoms with E-state index in [1.54, 1.807) is 13.2 Å². The first kappa shape index (κ1) is 25.4. The van der Waals surface area contributed by atoms with Gasteiger partial charge in [-0.3, -0.25) is 4.79 Å². The van der Waals surface area contributed by atoms with Gasteiger partial charge in [-0.15, -0.1) is 11.3 Å². The highest BCUT2D eigenvalue weighted by molar-refractivity contribution is 7.20. The second-order valence-corrected chi connectivity index (χ2v) is 8.93. The zero-order valence-corrected chi connectivity index (χ0v) is 21.1. The summed E-state index contributed by atoms with van der Waals surface area (Å²) >= 11 is 1.33. The molecule has 0 aliphatic carbocycles. The predicted molar refractivity (Wildman–Crippen MR) is 139 cm³/mol.